The van der Waals surface area contributed by atoms with Crippen molar-refractivity contribution in [2.24, 2.45) is 17.8 Å². The summed E-state index contributed by atoms with van der Waals surface area (Å²) in [6.07, 6.45) is 2.25. The molecule has 0 radical (unpaired) electrons. The average molecular weight is 314 g/mol. The molecule has 1 heterocycles. The SMILES string of the molecule is CCCCN1C(=O)[C@H]2[C@H](C[C@@H]2C(=O)N(C)c2ccccc2)C1=O. The molecule has 23 heavy (non-hydrogen) atoms. The van der Waals surface area contributed by atoms with Gasteiger partial charge in [-0.3, -0.25) is 19.3 Å². The topological polar surface area (TPSA) is 57.7 Å². The van der Waals surface area contributed by atoms with E-state index < -0.39 is 5.92 Å². The van der Waals surface area contributed by atoms with Crippen LogP contribution in [0.25, 0.3) is 0 Å². The van der Waals surface area contributed by atoms with Gasteiger partial charge in [0.05, 0.1) is 17.8 Å². The minimum absolute atomic E-state index is 0.0732. The van der Waals surface area contributed by atoms with Crippen molar-refractivity contribution in [3.8, 4) is 0 Å². The van der Waals surface area contributed by atoms with Crippen LogP contribution in [0.15, 0.2) is 30.3 Å². The van der Waals surface area contributed by atoms with Crippen molar-refractivity contribution in [1.29, 1.82) is 0 Å². The van der Waals surface area contributed by atoms with Crippen molar-refractivity contribution < 1.29 is 14.4 Å². The molecule has 0 aromatic heterocycles. The Bertz CT molecular complexity index is 628. The van der Waals surface area contributed by atoms with E-state index in [4.69, 9.17) is 0 Å². The van der Waals surface area contributed by atoms with Crippen LogP contribution in [0.4, 0.5) is 5.69 Å². The maximum absolute atomic E-state index is 12.7. The van der Waals surface area contributed by atoms with E-state index in [1.54, 1.807) is 11.9 Å². The Hall–Kier alpha value is -2.17. The fourth-order valence-corrected chi connectivity index (χ4v) is 3.56. The fraction of sp³-hybridized carbons (Fsp3) is 0.500. The standard InChI is InChI=1S/C18H22N2O3/c1-3-4-10-20-17(22)14-11-13(15(14)18(20)23)16(21)19(2)12-8-6-5-7-9-12/h5-9,13-15H,3-4,10-11H2,1-2H3/t13-,14-,15+/m0/s1. The predicted octanol–water partition coefficient (Wildman–Crippen LogP) is 2.07. The Kier molecular flexibility index (Phi) is 4.20. The lowest BCUT2D eigenvalue weighted by Crippen LogP contribution is -2.48. The van der Waals surface area contributed by atoms with Crippen LogP contribution in [0.2, 0.25) is 0 Å². The van der Waals surface area contributed by atoms with Gasteiger partial charge in [0.1, 0.15) is 0 Å². The highest BCUT2D eigenvalue weighted by Gasteiger charge is 2.60. The van der Waals surface area contributed by atoms with Crippen LogP contribution >= 0.6 is 0 Å². The maximum atomic E-state index is 12.7. The van der Waals surface area contributed by atoms with Gasteiger partial charge in [0.25, 0.3) is 0 Å². The van der Waals surface area contributed by atoms with Crippen LogP contribution in [0, 0.1) is 17.8 Å². The molecule has 2 fully saturated rings. The zero-order chi connectivity index (χ0) is 16.6. The predicted molar refractivity (Wildman–Crippen MR) is 86.6 cm³/mol. The molecule has 122 valence electrons. The lowest BCUT2D eigenvalue weighted by atomic mass is 9.65. The molecule has 5 heteroatoms. The Labute approximate surface area is 136 Å². The zero-order valence-electron chi connectivity index (χ0n) is 13.6. The number of rotatable bonds is 5. The third-order valence-electron chi connectivity index (χ3n) is 5.04. The number of imide groups is 1. The molecule has 1 aromatic carbocycles. The number of likely N-dealkylation sites (tertiary alicyclic amines) is 1. The van der Waals surface area contributed by atoms with Crippen LogP contribution in [-0.2, 0) is 14.4 Å². The number of nitrogens with zero attached hydrogens (tertiary/aromatic N) is 2. The van der Waals surface area contributed by atoms with Crippen LogP contribution in [0.3, 0.4) is 0 Å². The van der Waals surface area contributed by atoms with Gasteiger partial charge in [0.15, 0.2) is 0 Å². The van der Waals surface area contributed by atoms with Gasteiger partial charge in [-0.25, -0.2) is 0 Å². The van der Waals surface area contributed by atoms with E-state index >= 15 is 0 Å². The lowest BCUT2D eigenvalue weighted by molar-refractivity contribution is -0.141. The second kappa shape index (κ2) is 6.14. The smallest absolute Gasteiger partial charge is 0.233 e. The minimum Gasteiger partial charge on any atom is -0.315 e. The minimum atomic E-state index is -0.446. The Morgan fingerprint density at radius 1 is 1.22 bits per heavy atom. The number of carbonyl (C=O) groups excluding carboxylic acids is 3. The van der Waals surface area contributed by atoms with Gasteiger partial charge in [0, 0.05) is 19.3 Å². The number of amides is 3. The Morgan fingerprint density at radius 2 is 1.91 bits per heavy atom. The van der Waals surface area contributed by atoms with E-state index in [1.807, 2.05) is 37.3 Å². The quantitative estimate of drug-likeness (QED) is 0.782. The summed E-state index contributed by atoms with van der Waals surface area (Å²) >= 11 is 0. The summed E-state index contributed by atoms with van der Waals surface area (Å²) in [5.74, 6) is -1.40. The van der Waals surface area contributed by atoms with E-state index in [2.05, 4.69) is 0 Å². The molecule has 0 spiro atoms. The molecular formula is C18H22N2O3. The first-order chi connectivity index (χ1) is 11.1. The summed E-state index contributed by atoms with van der Waals surface area (Å²) in [5.41, 5.74) is 0.806. The van der Waals surface area contributed by atoms with Crippen molar-refractivity contribution in [3.63, 3.8) is 0 Å². The molecule has 2 aliphatic rings. The number of hydrogen-bond acceptors (Lipinski definition) is 3. The summed E-state index contributed by atoms with van der Waals surface area (Å²) in [4.78, 5) is 40.4. The first kappa shape index (κ1) is 15.7. The van der Waals surface area contributed by atoms with Crippen LogP contribution in [0.5, 0.6) is 0 Å². The van der Waals surface area contributed by atoms with Gasteiger partial charge >= 0.3 is 0 Å². The van der Waals surface area contributed by atoms with Gasteiger partial charge in [-0.2, -0.15) is 0 Å². The molecule has 3 rings (SSSR count). The number of carbonyl (C=O) groups is 3. The fourth-order valence-electron chi connectivity index (χ4n) is 3.56. The normalized spacial score (nSPS) is 26.0. The largest absolute Gasteiger partial charge is 0.315 e. The number of benzene rings is 1. The van der Waals surface area contributed by atoms with Gasteiger partial charge in [-0.1, -0.05) is 31.5 Å². The lowest BCUT2D eigenvalue weighted by Gasteiger charge is -2.37. The van der Waals surface area contributed by atoms with Crippen LogP contribution in [0.1, 0.15) is 26.2 Å². The van der Waals surface area contributed by atoms with E-state index in [9.17, 15) is 14.4 Å². The monoisotopic (exact) mass is 314 g/mol. The molecule has 0 N–H and O–H groups in total. The van der Waals surface area contributed by atoms with Gasteiger partial charge in [-0.15, -0.1) is 0 Å². The van der Waals surface area contributed by atoms with Crippen LogP contribution < -0.4 is 4.90 Å². The molecule has 1 saturated heterocycles. The van der Waals surface area contributed by atoms with Gasteiger partial charge in [-0.05, 0) is 25.0 Å². The first-order valence-electron chi connectivity index (χ1n) is 8.24. The molecule has 3 atom stereocenters. The maximum Gasteiger partial charge on any atom is 0.233 e. The number of unbranched alkanes of at least 4 members (excludes halogenated alkanes) is 1. The molecule has 0 bridgehead atoms. The number of anilines is 1. The Morgan fingerprint density at radius 3 is 2.57 bits per heavy atom. The highest BCUT2D eigenvalue weighted by molar-refractivity contribution is 6.10. The molecule has 1 saturated carbocycles. The number of fused-ring (bicyclic) bond motifs is 1. The van der Waals surface area contributed by atoms with Crippen molar-refractivity contribution in [2.75, 3.05) is 18.5 Å². The second-order valence-corrected chi connectivity index (χ2v) is 6.39. The van der Waals surface area contributed by atoms with Crippen LogP contribution in [-0.4, -0.2) is 36.2 Å². The summed E-state index contributed by atoms with van der Waals surface area (Å²) in [7, 11) is 1.72. The highest BCUT2D eigenvalue weighted by atomic mass is 16.2. The van der Waals surface area contributed by atoms with Gasteiger partial charge in [0.2, 0.25) is 17.7 Å². The van der Waals surface area contributed by atoms with Crippen molar-refractivity contribution in [3.05, 3.63) is 30.3 Å². The summed E-state index contributed by atoms with van der Waals surface area (Å²) in [6.45, 7) is 2.51. The van der Waals surface area contributed by atoms with Gasteiger partial charge < -0.3 is 4.90 Å². The van der Waals surface area contributed by atoms with E-state index in [1.165, 1.54) is 4.90 Å². The molecule has 1 aliphatic heterocycles. The van der Waals surface area contributed by atoms with E-state index in [0.717, 1.165) is 18.5 Å². The molecule has 3 amide bonds. The molecular weight excluding hydrogens is 292 g/mol. The zero-order valence-corrected chi connectivity index (χ0v) is 13.6. The molecule has 5 nitrogen and oxygen atoms in total. The molecule has 1 aromatic rings. The van der Waals surface area contributed by atoms with Crippen molar-refractivity contribution in [1.82, 2.24) is 4.90 Å². The molecule has 1 aliphatic carbocycles. The van der Waals surface area contributed by atoms with E-state index in [0.29, 0.717) is 13.0 Å². The molecule has 0 unspecified atom stereocenters. The highest BCUT2D eigenvalue weighted by Crippen LogP contribution is 2.48. The van der Waals surface area contributed by atoms with Crippen molar-refractivity contribution in [2.45, 2.75) is 26.2 Å². The first-order valence-corrected chi connectivity index (χ1v) is 8.24. The van der Waals surface area contributed by atoms with E-state index in [-0.39, 0.29) is 29.6 Å². The Balaban J connectivity index is 1.71. The third kappa shape index (κ3) is 2.54. The third-order valence-corrected chi connectivity index (χ3v) is 5.04. The number of hydrogen-bond donors (Lipinski definition) is 0. The average Bonchev–Trinajstić information content (AvgIpc) is 2.71. The summed E-state index contributed by atoms with van der Waals surface area (Å²) in [6, 6.07) is 9.37. The summed E-state index contributed by atoms with van der Waals surface area (Å²) in [5, 5.41) is 0. The summed E-state index contributed by atoms with van der Waals surface area (Å²) < 4.78 is 0. The second-order valence-electron chi connectivity index (χ2n) is 6.39. The number of para-hydroxylation sites is 1. The van der Waals surface area contributed by atoms with Crippen molar-refractivity contribution >= 4 is 23.4 Å².